The lowest BCUT2D eigenvalue weighted by Gasteiger charge is -2.24. The Morgan fingerprint density at radius 1 is 1.25 bits per heavy atom. The summed E-state index contributed by atoms with van der Waals surface area (Å²) in [5, 5.41) is 3.45. The van der Waals surface area contributed by atoms with Gasteiger partial charge in [0.25, 0.3) is 0 Å². The van der Waals surface area contributed by atoms with Gasteiger partial charge < -0.3 is 10.2 Å². The summed E-state index contributed by atoms with van der Waals surface area (Å²) in [7, 11) is 0. The Morgan fingerprint density at radius 2 is 2.00 bits per heavy atom. The Bertz CT molecular complexity index is 393. The van der Waals surface area contributed by atoms with E-state index < -0.39 is 0 Å². The lowest BCUT2D eigenvalue weighted by atomic mass is 10.1. The molecular formula is C17H29FN2. The van der Waals surface area contributed by atoms with Crippen LogP contribution in [-0.4, -0.2) is 19.1 Å². The van der Waals surface area contributed by atoms with Crippen molar-refractivity contribution in [2.24, 2.45) is 0 Å². The first-order chi connectivity index (χ1) is 9.62. The quantitative estimate of drug-likeness (QED) is 0.724. The molecule has 1 aromatic rings. The van der Waals surface area contributed by atoms with Crippen LogP contribution < -0.4 is 10.2 Å². The van der Waals surface area contributed by atoms with Crippen molar-refractivity contribution in [2.75, 3.05) is 18.0 Å². The maximum atomic E-state index is 14.0. The molecule has 2 nitrogen and oxygen atoms in total. The van der Waals surface area contributed by atoms with Gasteiger partial charge >= 0.3 is 0 Å². The lowest BCUT2D eigenvalue weighted by molar-refractivity contribution is 0.533. The maximum absolute atomic E-state index is 14.0. The molecule has 0 aliphatic rings. The van der Waals surface area contributed by atoms with Gasteiger partial charge in [-0.3, -0.25) is 0 Å². The summed E-state index contributed by atoms with van der Waals surface area (Å²) in [6, 6.07) is 5.95. The van der Waals surface area contributed by atoms with Crippen molar-refractivity contribution in [3.8, 4) is 0 Å². The summed E-state index contributed by atoms with van der Waals surface area (Å²) >= 11 is 0. The van der Waals surface area contributed by atoms with Crippen LogP contribution in [-0.2, 0) is 6.54 Å². The number of benzene rings is 1. The molecule has 0 radical (unpaired) electrons. The van der Waals surface area contributed by atoms with Gasteiger partial charge in [0.2, 0.25) is 0 Å². The first kappa shape index (κ1) is 17.0. The van der Waals surface area contributed by atoms with E-state index in [4.69, 9.17) is 0 Å². The third kappa shape index (κ3) is 5.12. The van der Waals surface area contributed by atoms with E-state index in [1.165, 1.54) is 0 Å². The predicted octanol–water partition coefficient (Wildman–Crippen LogP) is 4.34. The van der Waals surface area contributed by atoms with Crippen LogP contribution in [0.5, 0.6) is 0 Å². The smallest absolute Gasteiger partial charge is 0.146 e. The average Bonchev–Trinajstić information content (AvgIpc) is 2.47. The zero-order valence-corrected chi connectivity index (χ0v) is 13.4. The van der Waals surface area contributed by atoms with Gasteiger partial charge in [-0.25, -0.2) is 4.39 Å². The third-order valence-corrected chi connectivity index (χ3v) is 3.78. The second-order valence-corrected chi connectivity index (χ2v) is 5.41. The van der Waals surface area contributed by atoms with E-state index in [2.05, 4.69) is 37.9 Å². The number of rotatable bonds is 9. The van der Waals surface area contributed by atoms with E-state index in [-0.39, 0.29) is 5.82 Å². The monoisotopic (exact) mass is 280 g/mol. The Balaban J connectivity index is 2.78. The van der Waals surface area contributed by atoms with Crippen molar-refractivity contribution >= 4 is 5.69 Å². The molecule has 3 heteroatoms. The maximum Gasteiger partial charge on any atom is 0.146 e. The fourth-order valence-electron chi connectivity index (χ4n) is 2.14. The Kier molecular flexibility index (Phi) is 7.60. The van der Waals surface area contributed by atoms with Gasteiger partial charge in [0.1, 0.15) is 5.82 Å². The molecule has 1 rings (SSSR count). The fraction of sp³-hybridized carbons (Fsp3) is 0.647. The van der Waals surface area contributed by atoms with Crippen molar-refractivity contribution in [1.82, 2.24) is 5.32 Å². The van der Waals surface area contributed by atoms with Crippen LogP contribution in [0.3, 0.4) is 0 Å². The molecule has 0 saturated carbocycles. The molecule has 114 valence electrons. The van der Waals surface area contributed by atoms with E-state index in [1.54, 1.807) is 6.07 Å². The summed E-state index contributed by atoms with van der Waals surface area (Å²) in [5.74, 6) is -0.116. The van der Waals surface area contributed by atoms with Crippen molar-refractivity contribution < 1.29 is 4.39 Å². The molecule has 0 fully saturated rings. The molecular weight excluding hydrogens is 251 g/mol. The predicted molar refractivity (Wildman–Crippen MR) is 85.8 cm³/mol. The molecule has 1 aromatic carbocycles. The van der Waals surface area contributed by atoms with Crippen LogP contribution in [0, 0.1) is 5.82 Å². The van der Waals surface area contributed by atoms with Gasteiger partial charge in [0.15, 0.2) is 0 Å². The first-order valence-corrected chi connectivity index (χ1v) is 7.89. The van der Waals surface area contributed by atoms with Crippen molar-refractivity contribution in [2.45, 2.75) is 59.5 Å². The average molecular weight is 280 g/mol. The van der Waals surface area contributed by atoms with Gasteiger partial charge in [-0.1, -0.05) is 26.3 Å². The molecule has 1 atom stereocenters. The largest absolute Gasteiger partial charge is 0.369 e. The minimum atomic E-state index is -0.116. The number of halogens is 1. The number of anilines is 1. The number of nitrogens with zero attached hydrogens (tertiary/aromatic N) is 1. The molecule has 0 heterocycles. The van der Waals surface area contributed by atoms with Crippen LogP contribution in [0.1, 0.15) is 52.5 Å². The summed E-state index contributed by atoms with van der Waals surface area (Å²) in [6.45, 7) is 11.1. The van der Waals surface area contributed by atoms with Crippen LogP contribution in [0.25, 0.3) is 0 Å². The molecule has 0 aliphatic carbocycles. The molecule has 0 aromatic heterocycles. The van der Waals surface area contributed by atoms with Crippen LogP contribution in [0.15, 0.2) is 18.2 Å². The van der Waals surface area contributed by atoms with Crippen LogP contribution in [0.2, 0.25) is 0 Å². The highest BCUT2D eigenvalue weighted by atomic mass is 19.1. The zero-order valence-electron chi connectivity index (χ0n) is 13.4. The zero-order chi connectivity index (χ0) is 15.0. The second kappa shape index (κ2) is 8.96. The highest BCUT2D eigenvalue weighted by Gasteiger charge is 2.10. The summed E-state index contributed by atoms with van der Waals surface area (Å²) in [4.78, 5) is 2.13. The lowest BCUT2D eigenvalue weighted by Crippen LogP contribution is -2.26. The highest BCUT2D eigenvalue weighted by molar-refractivity contribution is 5.50. The second-order valence-electron chi connectivity index (χ2n) is 5.41. The molecule has 1 N–H and O–H groups in total. The third-order valence-electron chi connectivity index (χ3n) is 3.78. The van der Waals surface area contributed by atoms with E-state index >= 15 is 0 Å². The molecule has 0 aliphatic heterocycles. The Hall–Kier alpha value is -1.09. The van der Waals surface area contributed by atoms with Crippen LogP contribution in [0.4, 0.5) is 10.1 Å². The summed E-state index contributed by atoms with van der Waals surface area (Å²) < 4.78 is 14.0. The molecule has 0 amide bonds. The number of hydrogen-bond donors (Lipinski definition) is 1. The SMILES string of the molecule is CCCCN(CC)c1cc(CNC(C)CC)ccc1F. The molecule has 0 bridgehead atoms. The molecule has 0 spiro atoms. The minimum Gasteiger partial charge on any atom is -0.369 e. The molecule has 20 heavy (non-hydrogen) atoms. The van der Waals surface area contributed by atoms with Gasteiger partial charge in [-0.15, -0.1) is 0 Å². The van der Waals surface area contributed by atoms with E-state index in [1.807, 2.05) is 12.1 Å². The number of hydrogen-bond acceptors (Lipinski definition) is 2. The van der Waals surface area contributed by atoms with E-state index in [9.17, 15) is 4.39 Å². The van der Waals surface area contributed by atoms with Crippen LogP contribution >= 0.6 is 0 Å². The van der Waals surface area contributed by atoms with Gasteiger partial charge in [-0.05, 0) is 44.4 Å². The summed E-state index contributed by atoms with van der Waals surface area (Å²) in [6.07, 6.45) is 3.33. The van der Waals surface area contributed by atoms with Gasteiger partial charge in [0.05, 0.1) is 5.69 Å². The minimum absolute atomic E-state index is 0.116. The van der Waals surface area contributed by atoms with Crippen molar-refractivity contribution in [3.63, 3.8) is 0 Å². The van der Waals surface area contributed by atoms with Gasteiger partial charge in [-0.2, -0.15) is 0 Å². The van der Waals surface area contributed by atoms with E-state index in [0.717, 1.165) is 50.1 Å². The molecule has 1 unspecified atom stereocenters. The van der Waals surface area contributed by atoms with Crippen molar-refractivity contribution in [3.05, 3.63) is 29.6 Å². The number of unbranched alkanes of at least 4 members (excludes halogenated alkanes) is 1. The van der Waals surface area contributed by atoms with Gasteiger partial charge in [0, 0.05) is 25.7 Å². The van der Waals surface area contributed by atoms with Crippen molar-refractivity contribution in [1.29, 1.82) is 0 Å². The topological polar surface area (TPSA) is 15.3 Å². The number of nitrogens with one attached hydrogen (secondary N) is 1. The normalized spacial score (nSPS) is 12.4. The highest BCUT2D eigenvalue weighted by Crippen LogP contribution is 2.21. The Labute approximate surface area is 123 Å². The first-order valence-electron chi connectivity index (χ1n) is 7.89. The molecule has 0 saturated heterocycles. The standard InChI is InChI=1S/C17H29FN2/c1-5-8-11-20(7-3)17-12-15(9-10-16(17)18)13-19-14(4)6-2/h9-10,12,14,19H,5-8,11,13H2,1-4H3. The van der Waals surface area contributed by atoms with E-state index in [0.29, 0.717) is 6.04 Å². The Morgan fingerprint density at radius 3 is 2.60 bits per heavy atom. The summed E-state index contributed by atoms with van der Waals surface area (Å²) in [5.41, 5.74) is 1.89. The fourth-order valence-corrected chi connectivity index (χ4v) is 2.14.